The van der Waals surface area contributed by atoms with Gasteiger partial charge in [0.15, 0.2) is 0 Å². The maximum Gasteiger partial charge on any atom is 0.289 e. The Morgan fingerprint density at radius 3 is 2.85 bits per heavy atom. The van der Waals surface area contributed by atoms with Crippen molar-refractivity contribution in [2.24, 2.45) is 12.0 Å². The fourth-order valence-corrected chi connectivity index (χ4v) is 2.55. The van der Waals surface area contributed by atoms with Gasteiger partial charge in [-0.15, -0.1) is 0 Å². The average Bonchev–Trinajstić information content (AvgIpc) is 2.98. The number of amidine groups is 1. The van der Waals surface area contributed by atoms with Crippen LogP contribution in [-0.4, -0.2) is 20.9 Å². The van der Waals surface area contributed by atoms with Crippen LogP contribution in [0.5, 0.6) is 0 Å². The largest absolute Gasteiger partial charge is 0.300 e. The van der Waals surface area contributed by atoms with Crippen molar-refractivity contribution in [2.75, 3.05) is 0 Å². The van der Waals surface area contributed by atoms with Crippen LogP contribution in [0.4, 0.5) is 10.5 Å². The zero-order chi connectivity index (χ0) is 13.9. The van der Waals surface area contributed by atoms with Gasteiger partial charge >= 0.3 is 0 Å². The number of carbonyl (C=O) groups excluding carboxylic acids is 1. The molecule has 0 atom stereocenters. The minimum Gasteiger partial charge on any atom is -0.300 e. The van der Waals surface area contributed by atoms with Gasteiger partial charge in [0.25, 0.3) is 5.24 Å². The normalized spacial score (nSPS) is 18.8. The van der Waals surface area contributed by atoms with Crippen LogP contribution in [-0.2, 0) is 7.05 Å². The van der Waals surface area contributed by atoms with E-state index < -0.39 is 0 Å². The van der Waals surface area contributed by atoms with E-state index in [1.807, 2.05) is 49.7 Å². The number of rotatable bonds is 2. The molecule has 1 aromatic carbocycles. The third-order valence-electron chi connectivity index (χ3n) is 2.68. The Labute approximate surface area is 120 Å². The molecule has 0 aliphatic carbocycles. The Morgan fingerprint density at radius 1 is 1.35 bits per heavy atom. The first kappa shape index (κ1) is 12.7. The smallest absolute Gasteiger partial charge is 0.289 e. The molecule has 5 nitrogen and oxygen atoms in total. The van der Waals surface area contributed by atoms with Crippen molar-refractivity contribution in [3.63, 3.8) is 0 Å². The molecule has 1 saturated heterocycles. The molecule has 0 bridgehead atoms. The highest BCUT2D eigenvalue weighted by Crippen LogP contribution is 2.28. The van der Waals surface area contributed by atoms with Crippen molar-refractivity contribution in [1.29, 1.82) is 0 Å². The van der Waals surface area contributed by atoms with Gasteiger partial charge in [-0.2, -0.15) is 5.10 Å². The van der Waals surface area contributed by atoms with E-state index in [0.717, 1.165) is 27.9 Å². The number of aryl methyl sites for hydroxylation is 1. The molecule has 0 unspecified atom stereocenters. The topological polar surface area (TPSA) is 59.3 Å². The van der Waals surface area contributed by atoms with Gasteiger partial charge in [0.05, 0.1) is 16.8 Å². The maximum absolute atomic E-state index is 11.6. The zero-order valence-electron chi connectivity index (χ0n) is 10.8. The summed E-state index contributed by atoms with van der Waals surface area (Å²) in [6.07, 6.45) is 5.53. The lowest BCUT2D eigenvalue weighted by Gasteiger charge is -1.98. The van der Waals surface area contributed by atoms with E-state index in [4.69, 9.17) is 0 Å². The number of carbonyl (C=O) groups is 1. The molecule has 0 spiro atoms. The van der Waals surface area contributed by atoms with Gasteiger partial charge < -0.3 is 5.32 Å². The number of hydrogen-bond acceptors (Lipinski definition) is 4. The molecule has 1 aliphatic heterocycles. The van der Waals surface area contributed by atoms with Crippen molar-refractivity contribution < 1.29 is 4.79 Å². The Hall–Kier alpha value is -2.34. The number of aliphatic imine (C=N–C) groups is 1. The van der Waals surface area contributed by atoms with E-state index in [2.05, 4.69) is 15.4 Å². The number of aromatic nitrogens is 2. The van der Waals surface area contributed by atoms with Crippen LogP contribution < -0.4 is 5.32 Å². The van der Waals surface area contributed by atoms with Crippen LogP contribution in [0, 0.1) is 0 Å². The molecule has 1 aliphatic rings. The average molecular weight is 284 g/mol. The second kappa shape index (κ2) is 5.34. The van der Waals surface area contributed by atoms with Gasteiger partial charge in [0.1, 0.15) is 5.84 Å². The summed E-state index contributed by atoms with van der Waals surface area (Å²) < 4.78 is 1.72. The summed E-state index contributed by atoms with van der Waals surface area (Å²) in [6.45, 7) is 0. The van der Waals surface area contributed by atoms with E-state index >= 15 is 0 Å². The first-order valence-electron chi connectivity index (χ1n) is 6.04. The fraction of sp³-hybridized carbons (Fsp3) is 0.0714. The van der Waals surface area contributed by atoms with Gasteiger partial charge in [-0.1, -0.05) is 18.2 Å². The lowest BCUT2D eigenvalue weighted by molar-refractivity contribution is 0.265. The molecule has 1 N–H and O–H groups in total. The molecular weight excluding hydrogens is 272 g/mol. The molecule has 2 aromatic rings. The fourth-order valence-electron chi connectivity index (χ4n) is 1.81. The molecule has 3 rings (SSSR count). The summed E-state index contributed by atoms with van der Waals surface area (Å²) in [5, 5.41) is 6.75. The van der Waals surface area contributed by atoms with Crippen molar-refractivity contribution in [1.82, 2.24) is 15.1 Å². The minimum atomic E-state index is -0.116. The van der Waals surface area contributed by atoms with Crippen molar-refractivity contribution in [3.8, 4) is 0 Å². The number of hydrogen-bond donors (Lipinski definition) is 1. The number of nitrogens with one attached hydrogen (secondary N) is 1. The summed E-state index contributed by atoms with van der Waals surface area (Å²) in [4.78, 5) is 16.8. The van der Waals surface area contributed by atoms with E-state index in [1.54, 1.807) is 10.9 Å². The third-order valence-corrected chi connectivity index (χ3v) is 3.49. The van der Waals surface area contributed by atoms with Crippen LogP contribution in [0.3, 0.4) is 0 Å². The molecule has 1 fully saturated rings. The molecule has 100 valence electrons. The number of thioether (sulfide) groups is 1. The second-order valence-corrected chi connectivity index (χ2v) is 5.28. The predicted molar refractivity (Wildman–Crippen MR) is 80.8 cm³/mol. The van der Waals surface area contributed by atoms with Gasteiger partial charge in [-0.05, 0) is 30.0 Å². The predicted octanol–water partition coefficient (Wildman–Crippen LogP) is 2.95. The number of amides is 1. The quantitative estimate of drug-likeness (QED) is 0.922. The van der Waals surface area contributed by atoms with E-state index in [0.29, 0.717) is 5.84 Å². The number of nitrogens with zero attached hydrogens (tertiary/aromatic N) is 3. The monoisotopic (exact) mass is 284 g/mol. The molecule has 0 saturated carbocycles. The summed E-state index contributed by atoms with van der Waals surface area (Å²) in [7, 11) is 1.85. The number of para-hydroxylation sites is 1. The first-order chi connectivity index (χ1) is 9.70. The Kier molecular flexibility index (Phi) is 3.39. The molecule has 0 radical (unpaired) electrons. The molecular formula is C14H12N4OS. The van der Waals surface area contributed by atoms with Crippen LogP contribution in [0.1, 0.15) is 5.56 Å². The highest BCUT2D eigenvalue weighted by Gasteiger charge is 2.23. The highest BCUT2D eigenvalue weighted by atomic mass is 32.2. The first-order valence-corrected chi connectivity index (χ1v) is 6.86. The third kappa shape index (κ3) is 2.80. The molecule has 1 aromatic heterocycles. The van der Waals surface area contributed by atoms with Crippen molar-refractivity contribution in [2.45, 2.75) is 0 Å². The Morgan fingerprint density at radius 2 is 2.15 bits per heavy atom. The SMILES string of the molecule is Cn1cc(C=C2SC(=O)NC2=Nc2ccccc2)cn1. The van der Waals surface area contributed by atoms with Gasteiger partial charge in [-0.3, -0.25) is 9.48 Å². The Bertz CT molecular complexity index is 703. The summed E-state index contributed by atoms with van der Waals surface area (Å²) in [6, 6.07) is 9.54. The summed E-state index contributed by atoms with van der Waals surface area (Å²) in [5.41, 5.74) is 1.75. The molecule has 20 heavy (non-hydrogen) atoms. The van der Waals surface area contributed by atoms with Crippen LogP contribution in [0.2, 0.25) is 0 Å². The van der Waals surface area contributed by atoms with E-state index in [-0.39, 0.29) is 5.24 Å². The van der Waals surface area contributed by atoms with Crippen molar-refractivity contribution >= 4 is 34.6 Å². The zero-order valence-corrected chi connectivity index (χ0v) is 11.6. The van der Waals surface area contributed by atoms with Gasteiger partial charge in [0, 0.05) is 18.8 Å². The highest BCUT2D eigenvalue weighted by molar-refractivity contribution is 8.18. The second-order valence-electron chi connectivity index (χ2n) is 4.27. The summed E-state index contributed by atoms with van der Waals surface area (Å²) in [5.74, 6) is 0.579. The lowest BCUT2D eigenvalue weighted by atomic mass is 10.3. The molecule has 1 amide bonds. The standard InChI is InChI=1S/C14H12N4OS/c1-18-9-10(8-15-18)7-12-13(17-14(19)20-12)16-11-5-3-2-4-6-11/h2-9H,1H3,(H,16,17,19). The molecule has 6 heteroatoms. The van der Waals surface area contributed by atoms with Crippen LogP contribution in [0.15, 0.2) is 52.6 Å². The molecule has 2 heterocycles. The van der Waals surface area contributed by atoms with Crippen LogP contribution in [0.25, 0.3) is 6.08 Å². The van der Waals surface area contributed by atoms with Gasteiger partial charge in [0.2, 0.25) is 0 Å². The summed E-state index contributed by atoms with van der Waals surface area (Å²) >= 11 is 1.14. The van der Waals surface area contributed by atoms with Gasteiger partial charge in [-0.25, -0.2) is 4.99 Å². The van der Waals surface area contributed by atoms with E-state index in [1.165, 1.54) is 0 Å². The maximum atomic E-state index is 11.6. The minimum absolute atomic E-state index is 0.116. The Balaban J connectivity index is 1.95. The van der Waals surface area contributed by atoms with Crippen LogP contribution >= 0.6 is 11.8 Å². The lowest BCUT2D eigenvalue weighted by Crippen LogP contribution is -2.18. The number of benzene rings is 1. The van der Waals surface area contributed by atoms with Crippen molar-refractivity contribution in [3.05, 3.63) is 53.2 Å². The van der Waals surface area contributed by atoms with E-state index in [9.17, 15) is 4.79 Å².